The van der Waals surface area contributed by atoms with Gasteiger partial charge < -0.3 is 11.1 Å². The van der Waals surface area contributed by atoms with Crippen LogP contribution in [0.1, 0.15) is 33.1 Å². The van der Waals surface area contributed by atoms with Crippen molar-refractivity contribution in [1.82, 2.24) is 5.32 Å². The molecule has 3 nitrogen and oxygen atoms in total. The minimum absolute atomic E-state index is 0.173. The summed E-state index contributed by atoms with van der Waals surface area (Å²) in [6.45, 7) is 5.86. The molecule has 0 aromatic heterocycles. The van der Waals surface area contributed by atoms with Crippen LogP contribution < -0.4 is 11.1 Å². The van der Waals surface area contributed by atoms with Crippen LogP contribution in [0.2, 0.25) is 0 Å². The maximum absolute atomic E-state index is 11.0. The molecule has 0 aliphatic heterocycles. The molecule has 72 valence electrons. The van der Waals surface area contributed by atoms with Gasteiger partial charge in [-0.2, -0.15) is 0 Å². The predicted molar refractivity (Wildman–Crippen MR) is 51.1 cm³/mol. The number of carbonyl (C=O) groups excluding carboxylic acids is 1. The molecule has 0 aromatic rings. The van der Waals surface area contributed by atoms with Gasteiger partial charge in [-0.15, -0.1) is 0 Å². The molecule has 0 fully saturated rings. The third kappa shape index (κ3) is 5.27. The van der Waals surface area contributed by atoms with Crippen molar-refractivity contribution in [3.63, 3.8) is 0 Å². The van der Waals surface area contributed by atoms with E-state index < -0.39 is 0 Å². The minimum Gasteiger partial charge on any atom is -0.322 e. The van der Waals surface area contributed by atoms with E-state index >= 15 is 0 Å². The van der Waals surface area contributed by atoms with Gasteiger partial charge in [0.15, 0.2) is 0 Å². The lowest BCUT2D eigenvalue weighted by Gasteiger charge is -2.08. The van der Waals surface area contributed by atoms with Crippen LogP contribution in [-0.4, -0.2) is 24.9 Å². The number of ketones is 1. The van der Waals surface area contributed by atoms with E-state index in [1.807, 2.05) is 6.92 Å². The van der Waals surface area contributed by atoms with E-state index in [2.05, 4.69) is 12.2 Å². The molecule has 0 heterocycles. The molecule has 0 bridgehead atoms. The van der Waals surface area contributed by atoms with Gasteiger partial charge in [-0.3, -0.25) is 4.79 Å². The molecule has 3 N–H and O–H groups in total. The summed E-state index contributed by atoms with van der Waals surface area (Å²) in [5.41, 5.74) is 5.63. The third-order valence-corrected chi connectivity index (χ3v) is 1.88. The lowest BCUT2D eigenvalue weighted by atomic mass is 10.1. The second kappa shape index (κ2) is 7.25. The Bertz CT molecular complexity index is 126. The molecule has 0 rings (SSSR count). The highest BCUT2D eigenvalue weighted by molar-refractivity contribution is 5.83. The zero-order valence-corrected chi connectivity index (χ0v) is 8.10. The molecule has 0 saturated carbocycles. The van der Waals surface area contributed by atoms with Gasteiger partial charge in [-0.05, 0) is 25.9 Å². The van der Waals surface area contributed by atoms with Crippen molar-refractivity contribution in [1.29, 1.82) is 0 Å². The van der Waals surface area contributed by atoms with E-state index in [9.17, 15) is 4.79 Å². The van der Waals surface area contributed by atoms with Crippen LogP contribution in [0.5, 0.6) is 0 Å². The van der Waals surface area contributed by atoms with E-state index in [-0.39, 0.29) is 11.8 Å². The van der Waals surface area contributed by atoms with Crippen LogP contribution in [0.3, 0.4) is 0 Å². The van der Waals surface area contributed by atoms with Crippen molar-refractivity contribution < 1.29 is 4.79 Å². The van der Waals surface area contributed by atoms with Crippen LogP contribution >= 0.6 is 0 Å². The number of carbonyl (C=O) groups is 1. The Labute approximate surface area is 74.7 Å². The van der Waals surface area contributed by atoms with Gasteiger partial charge in [0.05, 0.1) is 6.04 Å². The van der Waals surface area contributed by atoms with Gasteiger partial charge >= 0.3 is 0 Å². The molecular weight excluding hydrogens is 152 g/mol. The molecule has 0 unspecified atom stereocenters. The summed E-state index contributed by atoms with van der Waals surface area (Å²) in [5.74, 6) is 0.173. The monoisotopic (exact) mass is 172 g/mol. The van der Waals surface area contributed by atoms with Crippen molar-refractivity contribution in [2.45, 2.75) is 39.2 Å². The zero-order valence-electron chi connectivity index (χ0n) is 8.10. The SMILES string of the molecule is CCNCCC[C@H](N)C(=O)CC. The molecule has 1 atom stereocenters. The summed E-state index contributed by atoms with van der Waals surface area (Å²) >= 11 is 0. The number of hydrogen-bond acceptors (Lipinski definition) is 3. The number of nitrogens with one attached hydrogen (secondary N) is 1. The normalized spacial score (nSPS) is 12.9. The average molecular weight is 172 g/mol. The molecule has 0 aliphatic rings. The van der Waals surface area contributed by atoms with Crippen molar-refractivity contribution in [2.24, 2.45) is 5.73 Å². The summed E-state index contributed by atoms with van der Waals surface area (Å²) < 4.78 is 0. The fourth-order valence-electron chi connectivity index (χ4n) is 1.05. The van der Waals surface area contributed by atoms with Crippen LogP contribution in [0, 0.1) is 0 Å². The van der Waals surface area contributed by atoms with E-state index in [1.54, 1.807) is 0 Å². The number of rotatable bonds is 7. The molecule has 0 aromatic carbocycles. The summed E-state index contributed by atoms with van der Waals surface area (Å²) in [5, 5.41) is 3.19. The Morgan fingerprint density at radius 2 is 2.17 bits per heavy atom. The van der Waals surface area contributed by atoms with Crippen molar-refractivity contribution in [2.75, 3.05) is 13.1 Å². The van der Waals surface area contributed by atoms with Gasteiger partial charge in [-0.25, -0.2) is 0 Å². The van der Waals surface area contributed by atoms with Gasteiger partial charge in [0.25, 0.3) is 0 Å². The molecule has 0 spiro atoms. The molecule has 12 heavy (non-hydrogen) atoms. The standard InChI is InChI=1S/C9H20N2O/c1-3-9(12)8(10)6-5-7-11-4-2/h8,11H,3-7,10H2,1-2H3/t8-/m0/s1. The Morgan fingerprint density at radius 1 is 1.50 bits per heavy atom. The Kier molecular flexibility index (Phi) is 7.00. The number of nitrogens with two attached hydrogens (primary N) is 1. The first-order valence-electron chi connectivity index (χ1n) is 4.71. The zero-order chi connectivity index (χ0) is 9.40. The fourth-order valence-corrected chi connectivity index (χ4v) is 1.05. The molecule has 0 amide bonds. The largest absolute Gasteiger partial charge is 0.322 e. The van der Waals surface area contributed by atoms with E-state index in [1.165, 1.54) is 0 Å². The highest BCUT2D eigenvalue weighted by Gasteiger charge is 2.09. The van der Waals surface area contributed by atoms with Crippen molar-refractivity contribution in [3.8, 4) is 0 Å². The molecule has 0 radical (unpaired) electrons. The van der Waals surface area contributed by atoms with Crippen molar-refractivity contribution in [3.05, 3.63) is 0 Å². The quantitative estimate of drug-likeness (QED) is 0.555. The summed E-state index contributed by atoms with van der Waals surface area (Å²) in [6, 6.07) is -0.242. The van der Waals surface area contributed by atoms with Crippen molar-refractivity contribution >= 4 is 5.78 Å². The predicted octanol–water partition coefficient (Wildman–Crippen LogP) is 0.682. The highest BCUT2D eigenvalue weighted by Crippen LogP contribution is 1.97. The number of hydrogen-bond donors (Lipinski definition) is 2. The van der Waals surface area contributed by atoms with Crippen LogP contribution in [0.25, 0.3) is 0 Å². The Hall–Kier alpha value is -0.410. The first-order chi connectivity index (χ1) is 5.72. The molecule has 0 aliphatic carbocycles. The Morgan fingerprint density at radius 3 is 2.67 bits per heavy atom. The van der Waals surface area contributed by atoms with Crippen LogP contribution in [0.15, 0.2) is 0 Å². The number of Topliss-reactive ketones (excluding diaryl/α,β-unsaturated/α-hetero) is 1. The summed E-state index contributed by atoms with van der Waals surface area (Å²) in [4.78, 5) is 11.0. The average Bonchev–Trinajstić information content (AvgIpc) is 2.10. The maximum Gasteiger partial charge on any atom is 0.149 e. The lowest BCUT2D eigenvalue weighted by molar-refractivity contribution is -0.120. The first kappa shape index (κ1) is 11.6. The highest BCUT2D eigenvalue weighted by atomic mass is 16.1. The fraction of sp³-hybridized carbons (Fsp3) is 0.889. The van der Waals surface area contributed by atoms with Gasteiger partial charge in [0.1, 0.15) is 5.78 Å². The maximum atomic E-state index is 11.0. The molecule has 3 heteroatoms. The second-order valence-electron chi connectivity index (χ2n) is 2.92. The summed E-state index contributed by atoms with van der Waals surface area (Å²) in [6.07, 6.45) is 2.35. The van der Waals surface area contributed by atoms with Crippen LogP contribution in [0.4, 0.5) is 0 Å². The smallest absolute Gasteiger partial charge is 0.149 e. The first-order valence-corrected chi connectivity index (χ1v) is 4.71. The topological polar surface area (TPSA) is 55.1 Å². The Balaban J connectivity index is 3.31. The van der Waals surface area contributed by atoms with Gasteiger partial charge in [0, 0.05) is 6.42 Å². The van der Waals surface area contributed by atoms with E-state index in [4.69, 9.17) is 5.73 Å². The van der Waals surface area contributed by atoms with Crippen LogP contribution in [-0.2, 0) is 4.79 Å². The van der Waals surface area contributed by atoms with Gasteiger partial charge in [-0.1, -0.05) is 13.8 Å². The molecular formula is C9H20N2O. The molecule has 0 saturated heterocycles. The third-order valence-electron chi connectivity index (χ3n) is 1.88. The summed E-state index contributed by atoms with van der Waals surface area (Å²) in [7, 11) is 0. The van der Waals surface area contributed by atoms with Gasteiger partial charge in [0.2, 0.25) is 0 Å². The minimum atomic E-state index is -0.242. The second-order valence-corrected chi connectivity index (χ2v) is 2.92. The van der Waals surface area contributed by atoms with E-state index in [0.717, 1.165) is 25.9 Å². The lowest BCUT2D eigenvalue weighted by Crippen LogP contribution is -2.30. The van der Waals surface area contributed by atoms with E-state index in [0.29, 0.717) is 6.42 Å².